The summed E-state index contributed by atoms with van der Waals surface area (Å²) in [7, 11) is 0. The lowest BCUT2D eigenvalue weighted by atomic mass is 9.81. The Morgan fingerprint density at radius 1 is 1.22 bits per heavy atom. The van der Waals surface area contributed by atoms with Crippen LogP contribution >= 0.6 is 12.4 Å². The zero-order valence-corrected chi connectivity index (χ0v) is 14.9. The molecule has 1 aromatic carbocycles. The molecule has 0 heterocycles. The summed E-state index contributed by atoms with van der Waals surface area (Å²) in [5, 5.41) is 2.91. The highest BCUT2D eigenvalue weighted by Crippen LogP contribution is 2.27. The fourth-order valence-corrected chi connectivity index (χ4v) is 2.35. The number of ether oxygens (including phenoxy) is 1. The number of hydrogen-bond donors (Lipinski definition) is 2. The van der Waals surface area contributed by atoms with Crippen LogP contribution in [0.25, 0.3) is 0 Å². The van der Waals surface area contributed by atoms with Crippen molar-refractivity contribution in [2.45, 2.75) is 40.0 Å². The van der Waals surface area contributed by atoms with Gasteiger partial charge in [0.2, 0.25) is 5.91 Å². The topological polar surface area (TPSA) is 81.4 Å². The monoisotopic (exact) mass is 342 g/mol. The van der Waals surface area contributed by atoms with Gasteiger partial charge in [-0.2, -0.15) is 0 Å². The number of benzene rings is 1. The Balaban J connectivity index is 0.00000484. The SMILES string of the molecule is CCOC(=O)Cc1cccc(NC(=O)C(CC)(CC)CN)c1.Cl. The molecule has 0 aliphatic rings. The van der Waals surface area contributed by atoms with Crippen molar-refractivity contribution in [2.24, 2.45) is 11.1 Å². The summed E-state index contributed by atoms with van der Waals surface area (Å²) in [4.78, 5) is 24.0. The Bertz CT molecular complexity index is 508. The molecule has 0 saturated carbocycles. The minimum absolute atomic E-state index is 0. The number of nitrogens with two attached hydrogens (primary N) is 1. The number of carbonyl (C=O) groups is 2. The van der Waals surface area contributed by atoms with Crippen LogP contribution in [0.5, 0.6) is 0 Å². The standard InChI is InChI=1S/C17H26N2O3.ClH/c1-4-17(5-2,12-18)16(21)19-14-9-7-8-13(10-14)11-15(20)22-6-3;/h7-10H,4-6,11-12,18H2,1-3H3,(H,19,21);1H. The molecule has 0 spiro atoms. The molecule has 5 nitrogen and oxygen atoms in total. The molecule has 1 rings (SSSR count). The highest BCUT2D eigenvalue weighted by atomic mass is 35.5. The van der Waals surface area contributed by atoms with Crippen molar-refractivity contribution in [1.82, 2.24) is 0 Å². The summed E-state index contributed by atoms with van der Waals surface area (Å²) in [6.07, 6.45) is 1.57. The maximum absolute atomic E-state index is 12.5. The van der Waals surface area contributed by atoms with E-state index in [2.05, 4.69) is 5.32 Å². The Labute approximate surface area is 144 Å². The summed E-state index contributed by atoms with van der Waals surface area (Å²) in [5.74, 6) is -0.349. The second-order valence-corrected chi connectivity index (χ2v) is 5.33. The number of carbonyl (C=O) groups excluding carboxylic acids is 2. The van der Waals surface area contributed by atoms with Crippen LogP contribution in [0, 0.1) is 5.41 Å². The molecule has 23 heavy (non-hydrogen) atoms. The highest BCUT2D eigenvalue weighted by Gasteiger charge is 2.33. The van der Waals surface area contributed by atoms with Crippen LogP contribution in [0.1, 0.15) is 39.2 Å². The Kier molecular flexibility index (Phi) is 9.53. The zero-order chi connectivity index (χ0) is 16.6. The quantitative estimate of drug-likeness (QED) is 0.712. The van der Waals surface area contributed by atoms with Crippen molar-refractivity contribution in [3.05, 3.63) is 29.8 Å². The molecule has 0 saturated heterocycles. The maximum atomic E-state index is 12.5. The minimum Gasteiger partial charge on any atom is -0.466 e. The predicted molar refractivity (Wildman–Crippen MR) is 94.7 cm³/mol. The molecular weight excluding hydrogens is 316 g/mol. The molecule has 0 atom stereocenters. The van der Waals surface area contributed by atoms with Gasteiger partial charge in [-0.25, -0.2) is 0 Å². The summed E-state index contributed by atoms with van der Waals surface area (Å²) >= 11 is 0. The van der Waals surface area contributed by atoms with Crippen LogP contribution in [0.15, 0.2) is 24.3 Å². The zero-order valence-electron chi connectivity index (χ0n) is 14.1. The molecule has 3 N–H and O–H groups in total. The van der Waals surface area contributed by atoms with Gasteiger partial charge in [0.1, 0.15) is 0 Å². The van der Waals surface area contributed by atoms with Crippen molar-refractivity contribution in [3.8, 4) is 0 Å². The highest BCUT2D eigenvalue weighted by molar-refractivity contribution is 5.95. The number of halogens is 1. The molecule has 0 aliphatic heterocycles. The Morgan fingerprint density at radius 2 is 1.87 bits per heavy atom. The van der Waals surface area contributed by atoms with Crippen LogP contribution in [0.3, 0.4) is 0 Å². The molecule has 0 bridgehead atoms. The van der Waals surface area contributed by atoms with E-state index >= 15 is 0 Å². The average Bonchev–Trinajstić information content (AvgIpc) is 2.50. The first-order valence-electron chi connectivity index (χ1n) is 7.77. The van der Waals surface area contributed by atoms with Crippen LogP contribution in [0.2, 0.25) is 0 Å². The lowest BCUT2D eigenvalue weighted by Crippen LogP contribution is -2.41. The van der Waals surface area contributed by atoms with Crippen molar-refractivity contribution < 1.29 is 14.3 Å². The number of amides is 1. The first-order chi connectivity index (χ1) is 10.5. The van der Waals surface area contributed by atoms with Crippen molar-refractivity contribution >= 4 is 30.0 Å². The number of hydrogen-bond acceptors (Lipinski definition) is 4. The van der Waals surface area contributed by atoms with E-state index in [9.17, 15) is 9.59 Å². The first-order valence-corrected chi connectivity index (χ1v) is 7.77. The third-order valence-corrected chi connectivity index (χ3v) is 4.06. The van der Waals surface area contributed by atoms with Gasteiger partial charge in [-0.05, 0) is 37.5 Å². The number of rotatable bonds is 8. The van der Waals surface area contributed by atoms with Gasteiger partial charge in [-0.3, -0.25) is 9.59 Å². The second kappa shape index (κ2) is 10.2. The summed E-state index contributed by atoms with van der Waals surface area (Å²) < 4.78 is 4.93. The van der Waals surface area contributed by atoms with Gasteiger partial charge in [0.05, 0.1) is 18.4 Å². The molecule has 130 valence electrons. The van der Waals surface area contributed by atoms with Crippen molar-refractivity contribution in [1.29, 1.82) is 0 Å². The predicted octanol–water partition coefficient (Wildman–Crippen LogP) is 2.92. The van der Waals surface area contributed by atoms with E-state index in [0.717, 1.165) is 5.56 Å². The fourth-order valence-electron chi connectivity index (χ4n) is 2.35. The number of nitrogens with one attached hydrogen (secondary N) is 1. The van der Waals surface area contributed by atoms with Gasteiger partial charge >= 0.3 is 5.97 Å². The van der Waals surface area contributed by atoms with Crippen molar-refractivity contribution in [2.75, 3.05) is 18.5 Å². The largest absolute Gasteiger partial charge is 0.466 e. The number of esters is 1. The van der Waals surface area contributed by atoms with Gasteiger partial charge < -0.3 is 15.8 Å². The van der Waals surface area contributed by atoms with E-state index in [1.165, 1.54) is 0 Å². The Morgan fingerprint density at radius 3 is 2.39 bits per heavy atom. The fraction of sp³-hybridized carbons (Fsp3) is 0.529. The lowest BCUT2D eigenvalue weighted by molar-refractivity contribution is -0.142. The maximum Gasteiger partial charge on any atom is 0.310 e. The van der Waals surface area contributed by atoms with E-state index in [-0.39, 0.29) is 30.7 Å². The van der Waals surface area contributed by atoms with E-state index in [1.807, 2.05) is 26.0 Å². The molecule has 0 unspecified atom stereocenters. The van der Waals surface area contributed by atoms with E-state index in [1.54, 1.807) is 19.1 Å². The molecule has 1 aromatic rings. The van der Waals surface area contributed by atoms with E-state index in [4.69, 9.17) is 10.5 Å². The average molecular weight is 343 g/mol. The van der Waals surface area contributed by atoms with Gasteiger partial charge in [0, 0.05) is 12.2 Å². The summed E-state index contributed by atoms with van der Waals surface area (Å²) in [6.45, 7) is 6.38. The van der Waals surface area contributed by atoms with Gasteiger partial charge in [-0.1, -0.05) is 26.0 Å². The van der Waals surface area contributed by atoms with Crippen LogP contribution in [0.4, 0.5) is 5.69 Å². The van der Waals surface area contributed by atoms with Crippen LogP contribution in [-0.4, -0.2) is 25.0 Å². The molecule has 6 heteroatoms. The van der Waals surface area contributed by atoms with Crippen LogP contribution in [-0.2, 0) is 20.7 Å². The molecule has 0 aliphatic carbocycles. The smallest absolute Gasteiger partial charge is 0.310 e. The van der Waals surface area contributed by atoms with Gasteiger partial charge in [0.15, 0.2) is 0 Å². The molecule has 1 amide bonds. The third kappa shape index (κ3) is 5.84. The molecule has 0 aromatic heterocycles. The van der Waals surface area contributed by atoms with Crippen LogP contribution < -0.4 is 11.1 Å². The Hall–Kier alpha value is -1.59. The summed E-state index contributed by atoms with van der Waals surface area (Å²) in [5.41, 5.74) is 6.73. The lowest BCUT2D eigenvalue weighted by Gasteiger charge is -2.28. The molecule has 0 radical (unpaired) electrons. The third-order valence-electron chi connectivity index (χ3n) is 4.06. The normalized spacial score (nSPS) is 10.6. The van der Waals surface area contributed by atoms with Crippen molar-refractivity contribution in [3.63, 3.8) is 0 Å². The van der Waals surface area contributed by atoms with E-state index < -0.39 is 5.41 Å². The minimum atomic E-state index is -0.544. The number of anilines is 1. The van der Waals surface area contributed by atoms with Gasteiger partial charge in [0.25, 0.3) is 0 Å². The van der Waals surface area contributed by atoms with Gasteiger partial charge in [-0.15, -0.1) is 12.4 Å². The molecule has 0 fully saturated rings. The second-order valence-electron chi connectivity index (χ2n) is 5.33. The van der Waals surface area contributed by atoms with E-state index in [0.29, 0.717) is 31.7 Å². The molecular formula is C17H27ClN2O3. The summed E-state index contributed by atoms with van der Waals surface area (Å²) in [6, 6.07) is 7.25. The first kappa shape index (κ1) is 21.4.